The standard InChI is InChI=1S/C16H22N2O2S/c1-3-15(2)14(20)18(11-12-7-6-10-21-12)16(13(19)17-15)8-4-5-9-16/h6-7,10H,3-5,8-9,11H2,1-2H3,(H,17,19). The first-order valence-electron chi connectivity index (χ1n) is 7.69. The molecule has 1 saturated carbocycles. The summed E-state index contributed by atoms with van der Waals surface area (Å²) >= 11 is 1.64. The molecule has 1 aromatic heterocycles. The largest absolute Gasteiger partial charge is 0.340 e. The normalized spacial score (nSPS) is 28.2. The van der Waals surface area contributed by atoms with Gasteiger partial charge in [0.05, 0.1) is 6.54 Å². The van der Waals surface area contributed by atoms with Gasteiger partial charge in [0.15, 0.2) is 0 Å². The molecule has 4 nitrogen and oxygen atoms in total. The van der Waals surface area contributed by atoms with Crippen LogP contribution >= 0.6 is 11.3 Å². The Morgan fingerprint density at radius 3 is 2.62 bits per heavy atom. The van der Waals surface area contributed by atoms with E-state index in [2.05, 4.69) is 5.32 Å². The summed E-state index contributed by atoms with van der Waals surface area (Å²) in [7, 11) is 0. The van der Waals surface area contributed by atoms with Gasteiger partial charge in [-0.3, -0.25) is 9.59 Å². The molecule has 1 aliphatic carbocycles. The highest BCUT2D eigenvalue weighted by Gasteiger charge is 2.57. The van der Waals surface area contributed by atoms with Crippen LogP contribution in [0.4, 0.5) is 0 Å². The highest BCUT2D eigenvalue weighted by atomic mass is 32.1. The van der Waals surface area contributed by atoms with Crippen molar-refractivity contribution >= 4 is 23.2 Å². The summed E-state index contributed by atoms with van der Waals surface area (Å²) in [5, 5.41) is 5.03. The highest BCUT2D eigenvalue weighted by molar-refractivity contribution is 7.09. The van der Waals surface area contributed by atoms with Crippen molar-refractivity contribution in [2.45, 2.75) is 63.6 Å². The number of hydrogen-bond donors (Lipinski definition) is 1. The number of carbonyl (C=O) groups is 2. The molecule has 114 valence electrons. The van der Waals surface area contributed by atoms with Gasteiger partial charge in [0.2, 0.25) is 11.8 Å². The molecule has 2 heterocycles. The number of thiophene rings is 1. The Labute approximate surface area is 129 Å². The summed E-state index contributed by atoms with van der Waals surface area (Å²) in [5.41, 5.74) is -1.38. The van der Waals surface area contributed by atoms with E-state index in [0.717, 1.165) is 30.6 Å². The number of rotatable bonds is 3. The Morgan fingerprint density at radius 2 is 2.05 bits per heavy atom. The maximum atomic E-state index is 13.0. The summed E-state index contributed by atoms with van der Waals surface area (Å²) in [4.78, 5) is 28.8. The maximum Gasteiger partial charge on any atom is 0.249 e. The zero-order valence-corrected chi connectivity index (χ0v) is 13.5. The second-order valence-corrected chi connectivity index (χ2v) is 7.38. The first-order valence-corrected chi connectivity index (χ1v) is 8.57. The van der Waals surface area contributed by atoms with Crippen LogP contribution in [0.25, 0.3) is 0 Å². The second kappa shape index (κ2) is 5.13. The van der Waals surface area contributed by atoms with Crippen LogP contribution in [0, 0.1) is 0 Å². The fourth-order valence-electron chi connectivity index (χ4n) is 3.51. The Bertz CT molecular complexity index is 549. The van der Waals surface area contributed by atoms with Gasteiger partial charge in [0, 0.05) is 4.88 Å². The molecule has 5 heteroatoms. The van der Waals surface area contributed by atoms with Gasteiger partial charge in [0.1, 0.15) is 11.1 Å². The SMILES string of the molecule is CCC1(C)NC(=O)C2(CCCC2)N(Cc2cccs2)C1=O. The average molecular weight is 306 g/mol. The van der Waals surface area contributed by atoms with E-state index >= 15 is 0 Å². The number of nitrogens with zero attached hydrogens (tertiary/aromatic N) is 1. The molecule has 1 N–H and O–H groups in total. The fourth-order valence-corrected chi connectivity index (χ4v) is 4.21. The summed E-state index contributed by atoms with van der Waals surface area (Å²) in [5.74, 6) is 0.111. The summed E-state index contributed by atoms with van der Waals surface area (Å²) in [6.07, 6.45) is 4.23. The molecular formula is C16H22N2O2S. The van der Waals surface area contributed by atoms with Crippen molar-refractivity contribution in [2.24, 2.45) is 0 Å². The molecule has 0 radical (unpaired) electrons. The van der Waals surface area contributed by atoms with Crippen LogP contribution < -0.4 is 5.32 Å². The molecule has 2 amide bonds. The molecular weight excluding hydrogens is 284 g/mol. The Hall–Kier alpha value is -1.36. The highest BCUT2D eigenvalue weighted by Crippen LogP contribution is 2.41. The van der Waals surface area contributed by atoms with E-state index in [-0.39, 0.29) is 11.8 Å². The predicted molar refractivity (Wildman–Crippen MR) is 82.9 cm³/mol. The smallest absolute Gasteiger partial charge is 0.249 e. The van der Waals surface area contributed by atoms with E-state index in [1.165, 1.54) is 0 Å². The summed E-state index contributed by atoms with van der Waals surface area (Å²) in [6.45, 7) is 4.35. The van der Waals surface area contributed by atoms with Crippen LogP contribution in [0.3, 0.4) is 0 Å². The van der Waals surface area contributed by atoms with Gasteiger partial charge in [-0.15, -0.1) is 11.3 Å². The van der Waals surface area contributed by atoms with Gasteiger partial charge in [-0.2, -0.15) is 0 Å². The number of carbonyl (C=O) groups excluding carboxylic acids is 2. The molecule has 0 aromatic carbocycles. The van der Waals surface area contributed by atoms with Gasteiger partial charge in [-0.05, 0) is 37.6 Å². The molecule has 2 fully saturated rings. The van der Waals surface area contributed by atoms with Crippen LogP contribution in [0.5, 0.6) is 0 Å². The van der Waals surface area contributed by atoms with Gasteiger partial charge < -0.3 is 10.2 Å². The van der Waals surface area contributed by atoms with Gasteiger partial charge in [-0.25, -0.2) is 0 Å². The first kappa shape index (κ1) is 14.6. The maximum absolute atomic E-state index is 13.0. The number of nitrogens with one attached hydrogen (secondary N) is 1. The zero-order valence-electron chi connectivity index (χ0n) is 12.6. The molecule has 0 bridgehead atoms. The van der Waals surface area contributed by atoms with Crippen LogP contribution in [-0.4, -0.2) is 27.8 Å². The Morgan fingerprint density at radius 1 is 1.33 bits per heavy atom. The van der Waals surface area contributed by atoms with Crippen LogP contribution in [0.15, 0.2) is 17.5 Å². The van der Waals surface area contributed by atoms with Crippen molar-refractivity contribution in [3.8, 4) is 0 Å². The first-order chi connectivity index (χ1) is 10.0. The van der Waals surface area contributed by atoms with E-state index in [1.807, 2.05) is 36.3 Å². The quantitative estimate of drug-likeness (QED) is 0.933. The van der Waals surface area contributed by atoms with Crippen LogP contribution in [-0.2, 0) is 16.1 Å². The minimum absolute atomic E-state index is 0.0421. The van der Waals surface area contributed by atoms with E-state index in [1.54, 1.807) is 11.3 Å². The summed E-state index contributed by atoms with van der Waals surface area (Å²) in [6, 6.07) is 4.03. The monoisotopic (exact) mass is 306 g/mol. The molecule has 1 saturated heterocycles. The van der Waals surface area contributed by atoms with E-state index in [0.29, 0.717) is 13.0 Å². The molecule has 1 spiro atoms. The Kier molecular flexibility index (Phi) is 3.56. The average Bonchev–Trinajstić information content (AvgIpc) is 3.14. The second-order valence-electron chi connectivity index (χ2n) is 6.35. The lowest BCUT2D eigenvalue weighted by Crippen LogP contribution is -2.73. The fraction of sp³-hybridized carbons (Fsp3) is 0.625. The van der Waals surface area contributed by atoms with Crippen LogP contribution in [0.1, 0.15) is 50.8 Å². The molecule has 3 rings (SSSR count). The van der Waals surface area contributed by atoms with Crippen molar-refractivity contribution in [1.82, 2.24) is 10.2 Å². The van der Waals surface area contributed by atoms with E-state index < -0.39 is 11.1 Å². The van der Waals surface area contributed by atoms with Crippen molar-refractivity contribution < 1.29 is 9.59 Å². The molecule has 1 unspecified atom stereocenters. The van der Waals surface area contributed by atoms with E-state index in [9.17, 15) is 9.59 Å². The van der Waals surface area contributed by atoms with Crippen molar-refractivity contribution in [1.29, 1.82) is 0 Å². The lowest BCUT2D eigenvalue weighted by Gasteiger charge is -2.50. The topological polar surface area (TPSA) is 49.4 Å². The lowest BCUT2D eigenvalue weighted by atomic mass is 9.83. The predicted octanol–water partition coefficient (Wildman–Crippen LogP) is 2.69. The van der Waals surface area contributed by atoms with Crippen LogP contribution in [0.2, 0.25) is 0 Å². The minimum Gasteiger partial charge on any atom is -0.340 e. The lowest BCUT2D eigenvalue weighted by molar-refractivity contribution is -0.163. The molecule has 1 aliphatic heterocycles. The third kappa shape index (κ3) is 2.18. The molecule has 21 heavy (non-hydrogen) atoms. The number of hydrogen-bond acceptors (Lipinski definition) is 3. The molecule has 1 aromatic rings. The third-order valence-corrected chi connectivity index (χ3v) is 5.94. The Balaban J connectivity index is 1.99. The number of amides is 2. The molecule has 1 atom stereocenters. The zero-order chi connectivity index (χ0) is 15.1. The molecule has 2 aliphatic rings. The van der Waals surface area contributed by atoms with Crippen molar-refractivity contribution in [2.75, 3.05) is 0 Å². The van der Waals surface area contributed by atoms with Gasteiger partial charge in [0.25, 0.3) is 0 Å². The third-order valence-electron chi connectivity index (χ3n) is 5.08. The van der Waals surface area contributed by atoms with Gasteiger partial charge in [-0.1, -0.05) is 25.8 Å². The van der Waals surface area contributed by atoms with Gasteiger partial charge >= 0.3 is 0 Å². The minimum atomic E-state index is -0.762. The van der Waals surface area contributed by atoms with E-state index in [4.69, 9.17) is 0 Å². The van der Waals surface area contributed by atoms with Crippen molar-refractivity contribution in [3.05, 3.63) is 22.4 Å². The summed E-state index contributed by atoms with van der Waals surface area (Å²) < 4.78 is 0. The van der Waals surface area contributed by atoms with Crippen molar-refractivity contribution in [3.63, 3.8) is 0 Å². The number of piperazine rings is 1.